The van der Waals surface area contributed by atoms with Crippen LogP contribution in [0.5, 0.6) is 0 Å². The number of nitrogens with one attached hydrogen (secondary N) is 1. The van der Waals surface area contributed by atoms with E-state index in [2.05, 4.69) is 9.71 Å². The molecule has 1 amide bonds. The van der Waals surface area contributed by atoms with E-state index in [0.29, 0.717) is 17.2 Å². The highest BCUT2D eigenvalue weighted by atomic mass is 32.2. The van der Waals surface area contributed by atoms with Gasteiger partial charge in [-0.15, -0.1) is 11.3 Å². The monoisotopic (exact) mass is 337 g/mol. The fraction of sp³-hybridized carbons (Fsp3) is 0.286. The normalized spacial score (nSPS) is 14.5. The van der Waals surface area contributed by atoms with Crippen molar-refractivity contribution in [1.29, 1.82) is 0 Å². The van der Waals surface area contributed by atoms with Crippen molar-refractivity contribution < 1.29 is 13.2 Å². The number of hydrogen-bond acceptors (Lipinski definition) is 5. The first-order valence-corrected chi connectivity index (χ1v) is 9.14. The molecule has 0 saturated carbocycles. The molecular weight excluding hydrogens is 322 g/mol. The lowest BCUT2D eigenvalue weighted by atomic mass is 10.0. The number of thiazole rings is 1. The minimum Gasteiger partial charge on any atom is -0.266 e. The summed E-state index contributed by atoms with van der Waals surface area (Å²) < 4.78 is 28.4. The molecule has 1 aliphatic heterocycles. The van der Waals surface area contributed by atoms with E-state index in [-0.39, 0.29) is 5.69 Å². The molecule has 0 fully saturated rings. The van der Waals surface area contributed by atoms with Crippen LogP contribution in [-0.4, -0.2) is 25.9 Å². The van der Waals surface area contributed by atoms with E-state index in [9.17, 15) is 13.2 Å². The van der Waals surface area contributed by atoms with Gasteiger partial charge in [-0.2, -0.15) is 8.42 Å². The van der Waals surface area contributed by atoms with Crippen molar-refractivity contribution in [3.8, 4) is 0 Å². The number of carbonyl (C=O) groups is 1. The fourth-order valence-corrected chi connectivity index (χ4v) is 4.29. The zero-order chi connectivity index (χ0) is 15.7. The molecule has 2 aromatic rings. The largest absolute Gasteiger partial charge is 0.326 e. The summed E-state index contributed by atoms with van der Waals surface area (Å²) in [7, 11) is -3.94. The lowest BCUT2D eigenvalue weighted by Gasteiger charge is -2.30. The number of aromatic nitrogens is 1. The van der Waals surface area contributed by atoms with Crippen molar-refractivity contribution in [1.82, 2.24) is 9.71 Å². The number of amides is 1. The van der Waals surface area contributed by atoms with E-state index in [1.165, 1.54) is 15.6 Å². The zero-order valence-corrected chi connectivity index (χ0v) is 13.6. The highest BCUT2D eigenvalue weighted by molar-refractivity contribution is 7.91. The maximum atomic E-state index is 12.5. The summed E-state index contributed by atoms with van der Waals surface area (Å²) in [6.45, 7) is 2.12. The molecule has 0 spiro atoms. The average Bonchev–Trinajstić information content (AvgIpc) is 2.93. The molecule has 6 nitrogen and oxygen atoms in total. The van der Waals surface area contributed by atoms with E-state index >= 15 is 0 Å². The first-order valence-electron chi connectivity index (χ1n) is 6.82. The molecule has 0 bridgehead atoms. The Morgan fingerprint density at radius 3 is 2.86 bits per heavy atom. The van der Waals surface area contributed by atoms with Crippen LogP contribution in [0.3, 0.4) is 0 Å². The molecule has 1 aromatic heterocycles. The second kappa shape index (κ2) is 5.69. The van der Waals surface area contributed by atoms with E-state index in [0.717, 1.165) is 18.4 Å². The van der Waals surface area contributed by atoms with Crippen molar-refractivity contribution in [2.45, 2.75) is 19.8 Å². The number of hydrogen-bond donors (Lipinski definition) is 1. The highest BCUT2D eigenvalue weighted by Crippen LogP contribution is 2.28. The molecule has 8 heteroatoms. The second-order valence-electron chi connectivity index (χ2n) is 4.99. The standard InChI is InChI=1S/C14H15N3O3S2/c1-10-15-12(9-21-10)14(18)16-22(19,20)17-8-4-6-11-5-2-3-7-13(11)17/h2-3,5,7,9H,4,6,8H2,1H3,(H,16,18). The Morgan fingerprint density at radius 2 is 2.14 bits per heavy atom. The topological polar surface area (TPSA) is 79.4 Å². The van der Waals surface area contributed by atoms with Crippen LogP contribution < -0.4 is 9.03 Å². The van der Waals surface area contributed by atoms with E-state index < -0.39 is 16.1 Å². The summed E-state index contributed by atoms with van der Waals surface area (Å²) >= 11 is 1.30. The van der Waals surface area contributed by atoms with Gasteiger partial charge in [-0.25, -0.2) is 9.71 Å². The van der Waals surface area contributed by atoms with Crippen LogP contribution in [0.1, 0.15) is 27.5 Å². The number of anilines is 1. The van der Waals surface area contributed by atoms with Crippen LogP contribution in [0.2, 0.25) is 0 Å². The molecule has 22 heavy (non-hydrogen) atoms. The van der Waals surface area contributed by atoms with Crippen LogP contribution in [0, 0.1) is 6.92 Å². The molecule has 1 aliphatic rings. The number of aryl methyl sites for hydroxylation is 2. The third-order valence-electron chi connectivity index (χ3n) is 3.43. The number of carbonyl (C=O) groups excluding carboxylic acids is 1. The van der Waals surface area contributed by atoms with Gasteiger partial charge in [-0.1, -0.05) is 18.2 Å². The van der Waals surface area contributed by atoms with E-state index in [1.54, 1.807) is 24.4 Å². The van der Waals surface area contributed by atoms with Crippen molar-refractivity contribution in [2.24, 2.45) is 0 Å². The van der Waals surface area contributed by atoms with Crippen molar-refractivity contribution >= 4 is 33.1 Å². The van der Waals surface area contributed by atoms with Gasteiger partial charge in [0, 0.05) is 11.9 Å². The van der Waals surface area contributed by atoms with Crippen LogP contribution in [0.25, 0.3) is 0 Å². The van der Waals surface area contributed by atoms with Gasteiger partial charge in [0.25, 0.3) is 5.91 Å². The second-order valence-corrected chi connectivity index (χ2v) is 7.65. The van der Waals surface area contributed by atoms with Gasteiger partial charge in [0.15, 0.2) is 0 Å². The van der Waals surface area contributed by atoms with Gasteiger partial charge < -0.3 is 0 Å². The summed E-state index contributed by atoms with van der Waals surface area (Å²) in [5.74, 6) is -0.701. The summed E-state index contributed by atoms with van der Waals surface area (Å²) in [6.07, 6.45) is 1.56. The number of benzene rings is 1. The molecule has 0 radical (unpaired) electrons. The zero-order valence-electron chi connectivity index (χ0n) is 11.9. The third kappa shape index (κ3) is 2.84. The molecular formula is C14H15N3O3S2. The smallest absolute Gasteiger partial charge is 0.266 e. The highest BCUT2D eigenvalue weighted by Gasteiger charge is 2.29. The van der Waals surface area contributed by atoms with Gasteiger partial charge >= 0.3 is 10.2 Å². The molecule has 0 saturated heterocycles. The third-order valence-corrected chi connectivity index (χ3v) is 5.61. The summed E-state index contributed by atoms with van der Waals surface area (Å²) in [5.41, 5.74) is 1.72. The predicted molar refractivity (Wildman–Crippen MR) is 85.3 cm³/mol. The molecule has 0 aliphatic carbocycles. The minimum atomic E-state index is -3.94. The first kappa shape index (κ1) is 15.0. The van der Waals surface area contributed by atoms with Crippen LogP contribution in [-0.2, 0) is 16.6 Å². The Labute approximate surface area is 133 Å². The van der Waals surface area contributed by atoms with Crippen molar-refractivity contribution in [3.63, 3.8) is 0 Å². The molecule has 3 rings (SSSR count). The van der Waals surface area contributed by atoms with Crippen LogP contribution in [0.4, 0.5) is 5.69 Å². The maximum Gasteiger partial charge on any atom is 0.326 e. The molecule has 2 heterocycles. The molecule has 1 N–H and O–H groups in total. The predicted octanol–water partition coefficient (Wildman–Crippen LogP) is 1.88. The quantitative estimate of drug-likeness (QED) is 0.927. The first-order chi connectivity index (χ1) is 10.5. The van der Waals surface area contributed by atoms with Crippen molar-refractivity contribution in [2.75, 3.05) is 10.8 Å². The Kier molecular flexibility index (Phi) is 3.88. The van der Waals surface area contributed by atoms with Crippen molar-refractivity contribution in [3.05, 3.63) is 45.9 Å². The van der Waals surface area contributed by atoms with Gasteiger partial charge in [-0.3, -0.25) is 9.10 Å². The van der Waals surface area contributed by atoms with Gasteiger partial charge in [-0.05, 0) is 31.4 Å². The molecule has 1 aromatic carbocycles. The van der Waals surface area contributed by atoms with Gasteiger partial charge in [0.1, 0.15) is 5.69 Å². The maximum absolute atomic E-state index is 12.5. The minimum absolute atomic E-state index is 0.122. The molecule has 0 atom stereocenters. The van der Waals surface area contributed by atoms with Gasteiger partial charge in [0.05, 0.1) is 10.7 Å². The average molecular weight is 337 g/mol. The Balaban J connectivity index is 1.86. The molecule has 0 unspecified atom stereocenters. The number of rotatable bonds is 3. The summed E-state index contributed by atoms with van der Waals surface area (Å²) in [5, 5.41) is 2.26. The summed E-state index contributed by atoms with van der Waals surface area (Å²) in [6, 6.07) is 7.33. The summed E-state index contributed by atoms with van der Waals surface area (Å²) in [4.78, 5) is 16.1. The van der Waals surface area contributed by atoms with E-state index in [4.69, 9.17) is 0 Å². The Bertz CT molecular complexity index is 814. The number of fused-ring (bicyclic) bond motifs is 1. The SMILES string of the molecule is Cc1nc(C(=O)NS(=O)(=O)N2CCCc3ccccc32)cs1. The lowest BCUT2D eigenvalue weighted by molar-refractivity contribution is 0.0977. The van der Waals surface area contributed by atoms with Crippen LogP contribution >= 0.6 is 11.3 Å². The number of nitrogens with zero attached hydrogens (tertiary/aromatic N) is 2. The fourth-order valence-electron chi connectivity index (χ4n) is 2.44. The molecule has 116 valence electrons. The van der Waals surface area contributed by atoms with Crippen LogP contribution in [0.15, 0.2) is 29.6 Å². The number of para-hydroxylation sites is 1. The lowest BCUT2D eigenvalue weighted by Crippen LogP contribution is -2.45. The van der Waals surface area contributed by atoms with E-state index in [1.807, 2.05) is 12.1 Å². The Morgan fingerprint density at radius 1 is 1.36 bits per heavy atom. The Hall–Kier alpha value is -1.93. The van der Waals surface area contributed by atoms with Gasteiger partial charge in [0.2, 0.25) is 0 Å².